The molecule has 0 aliphatic heterocycles. The Morgan fingerprint density at radius 1 is 1.43 bits per heavy atom. The van der Waals surface area contributed by atoms with Gasteiger partial charge in [0.25, 0.3) is 0 Å². The number of benzene rings is 1. The molecule has 0 atom stereocenters. The Hall–Kier alpha value is -2.35. The minimum Gasteiger partial charge on any atom is -0.401 e. The minimum atomic E-state index is -0.605. The third kappa shape index (κ3) is 1.19. The van der Waals surface area contributed by atoms with Gasteiger partial charge in [0, 0.05) is 5.39 Å². The SMILES string of the molecule is N#Cc1ccc2oc([N+](=O)[O-])cc2c1. The molecule has 0 unspecified atom stereocenters. The topological polar surface area (TPSA) is 80.1 Å². The fourth-order valence-electron chi connectivity index (χ4n) is 1.19. The van der Waals surface area contributed by atoms with Gasteiger partial charge in [-0.15, -0.1) is 0 Å². The van der Waals surface area contributed by atoms with Gasteiger partial charge in [-0.2, -0.15) is 5.26 Å². The molecule has 1 heterocycles. The molecular weight excluding hydrogens is 184 g/mol. The molecule has 0 radical (unpaired) electrons. The van der Waals surface area contributed by atoms with Gasteiger partial charge in [0.1, 0.15) is 10.5 Å². The van der Waals surface area contributed by atoms with Crippen molar-refractivity contribution in [3.63, 3.8) is 0 Å². The Morgan fingerprint density at radius 3 is 2.86 bits per heavy atom. The number of nitriles is 1. The van der Waals surface area contributed by atoms with Crippen molar-refractivity contribution in [2.24, 2.45) is 0 Å². The Labute approximate surface area is 78.3 Å². The molecule has 0 aliphatic carbocycles. The maximum absolute atomic E-state index is 10.4. The summed E-state index contributed by atoms with van der Waals surface area (Å²) in [6, 6.07) is 7.89. The van der Waals surface area contributed by atoms with Gasteiger partial charge in [0.15, 0.2) is 0 Å². The van der Waals surface area contributed by atoms with Gasteiger partial charge < -0.3 is 4.42 Å². The molecule has 5 nitrogen and oxygen atoms in total. The van der Waals surface area contributed by atoms with Crippen molar-refractivity contribution in [1.29, 1.82) is 5.26 Å². The molecule has 1 aromatic heterocycles. The summed E-state index contributed by atoms with van der Waals surface area (Å²) in [5, 5.41) is 19.5. The zero-order valence-corrected chi connectivity index (χ0v) is 6.93. The zero-order chi connectivity index (χ0) is 10.1. The third-order valence-corrected chi connectivity index (χ3v) is 1.81. The van der Waals surface area contributed by atoms with Gasteiger partial charge >= 0.3 is 5.88 Å². The highest BCUT2D eigenvalue weighted by Gasteiger charge is 2.13. The van der Waals surface area contributed by atoms with E-state index in [-0.39, 0.29) is 5.88 Å². The normalized spacial score (nSPS) is 9.93. The summed E-state index contributed by atoms with van der Waals surface area (Å²) < 4.78 is 4.92. The molecule has 0 saturated heterocycles. The second-order valence-electron chi connectivity index (χ2n) is 2.71. The van der Waals surface area contributed by atoms with Crippen LogP contribution in [0.2, 0.25) is 0 Å². The average molecular weight is 188 g/mol. The molecule has 0 fully saturated rings. The molecular formula is C9H4N2O3. The molecule has 2 rings (SSSR count). The van der Waals surface area contributed by atoms with Crippen LogP contribution in [0, 0.1) is 21.4 Å². The van der Waals surface area contributed by atoms with Crippen molar-refractivity contribution in [1.82, 2.24) is 0 Å². The lowest BCUT2D eigenvalue weighted by Gasteiger charge is -1.86. The second kappa shape index (κ2) is 2.85. The van der Waals surface area contributed by atoms with E-state index in [0.29, 0.717) is 16.5 Å². The van der Waals surface area contributed by atoms with Crippen molar-refractivity contribution in [2.75, 3.05) is 0 Å². The quantitative estimate of drug-likeness (QED) is 0.507. The molecule has 14 heavy (non-hydrogen) atoms. The predicted molar refractivity (Wildman–Crippen MR) is 47.6 cm³/mol. The Kier molecular flexibility index (Phi) is 1.68. The molecule has 0 amide bonds. The van der Waals surface area contributed by atoms with Crippen LogP contribution in [0.5, 0.6) is 0 Å². The summed E-state index contributed by atoms with van der Waals surface area (Å²) in [6.45, 7) is 0. The van der Waals surface area contributed by atoms with E-state index in [1.165, 1.54) is 6.07 Å². The summed E-state index contributed by atoms with van der Waals surface area (Å²) in [5.74, 6) is -0.310. The first kappa shape index (κ1) is 8.26. The first-order chi connectivity index (χ1) is 6.70. The van der Waals surface area contributed by atoms with Gasteiger partial charge in [-0.25, -0.2) is 0 Å². The molecule has 0 aliphatic rings. The smallest absolute Gasteiger partial charge is 0.401 e. The standard InChI is InChI=1S/C9H4N2O3/c10-5-6-1-2-8-7(3-6)4-9(14-8)11(12)13/h1-4H. The molecule has 0 spiro atoms. The van der Waals surface area contributed by atoms with Crippen LogP contribution in [-0.2, 0) is 0 Å². The summed E-state index contributed by atoms with van der Waals surface area (Å²) in [4.78, 5) is 9.77. The number of fused-ring (bicyclic) bond motifs is 1. The molecule has 1 aromatic carbocycles. The van der Waals surface area contributed by atoms with Gasteiger partial charge in [-0.3, -0.25) is 10.1 Å². The number of rotatable bonds is 1. The maximum Gasteiger partial charge on any atom is 0.434 e. The van der Waals surface area contributed by atoms with Crippen LogP contribution < -0.4 is 0 Å². The second-order valence-corrected chi connectivity index (χ2v) is 2.71. The highest BCUT2D eigenvalue weighted by molar-refractivity contribution is 5.80. The Bertz CT molecular complexity index is 551. The van der Waals surface area contributed by atoms with E-state index in [0.717, 1.165) is 0 Å². The van der Waals surface area contributed by atoms with Gasteiger partial charge in [0.05, 0.1) is 17.7 Å². The largest absolute Gasteiger partial charge is 0.434 e. The first-order valence-electron chi connectivity index (χ1n) is 3.79. The highest BCUT2D eigenvalue weighted by atomic mass is 16.6. The Balaban J connectivity index is 2.67. The third-order valence-electron chi connectivity index (χ3n) is 1.81. The maximum atomic E-state index is 10.4. The summed E-state index contributed by atoms with van der Waals surface area (Å²) in [7, 11) is 0. The molecule has 2 aromatic rings. The fourth-order valence-corrected chi connectivity index (χ4v) is 1.19. The van der Waals surface area contributed by atoms with Crippen molar-refractivity contribution in [2.45, 2.75) is 0 Å². The summed E-state index contributed by atoms with van der Waals surface area (Å²) in [5.41, 5.74) is 0.865. The molecule has 0 saturated carbocycles. The lowest BCUT2D eigenvalue weighted by Crippen LogP contribution is -1.82. The van der Waals surface area contributed by atoms with Crippen molar-refractivity contribution in [3.05, 3.63) is 39.9 Å². The Morgan fingerprint density at radius 2 is 2.21 bits per heavy atom. The number of nitrogens with zero attached hydrogens (tertiary/aromatic N) is 2. The van der Waals surface area contributed by atoms with E-state index >= 15 is 0 Å². The van der Waals surface area contributed by atoms with E-state index in [1.807, 2.05) is 6.07 Å². The van der Waals surface area contributed by atoms with E-state index in [1.54, 1.807) is 18.2 Å². The van der Waals surface area contributed by atoms with Crippen molar-refractivity contribution in [3.8, 4) is 6.07 Å². The lowest BCUT2D eigenvalue weighted by atomic mass is 10.2. The summed E-state index contributed by atoms with van der Waals surface area (Å²) in [6.07, 6.45) is 0. The molecule has 0 N–H and O–H groups in total. The molecule has 68 valence electrons. The van der Waals surface area contributed by atoms with Crippen LogP contribution in [-0.4, -0.2) is 4.92 Å². The monoisotopic (exact) mass is 188 g/mol. The van der Waals surface area contributed by atoms with E-state index in [2.05, 4.69) is 0 Å². The van der Waals surface area contributed by atoms with Crippen LogP contribution in [0.4, 0.5) is 5.88 Å². The fraction of sp³-hybridized carbons (Fsp3) is 0. The van der Waals surface area contributed by atoms with Gasteiger partial charge in [0.2, 0.25) is 0 Å². The van der Waals surface area contributed by atoms with Gasteiger partial charge in [-0.05, 0) is 18.2 Å². The average Bonchev–Trinajstić information content (AvgIpc) is 2.59. The minimum absolute atomic E-state index is 0.310. The number of nitro groups is 1. The predicted octanol–water partition coefficient (Wildman–Crippen LogP) is 2.21. The highest BCUT2D eigenvalue weighted by Crippen LogP contribution is 2.25. The first-order valence-corrected chi connectivity index (χ1v) is 3.79. The number of furan rings is 1. The van der Waals surface area contributed by atoms with Crippen LogP contribution in [0.3, 0.4) is 0 Å². The van der Waals surface area contributed by atoms with Crippen molar-refractivity contribution >= 4 is 16.9 Å². The van der Waals surface area contributed by atoms with Crippen LogP contribution in [0.1, 0.15) is 5.56 Å². The van der Waals surface area contributed by atoms with Crippen molar-refractivity contribution < 1.29 is 9.34 Å². The molecule has 5 heteroatoms. The lowest BCUT2D eigenvalue weighted by molar-refractivity contribution is -0.401. The summed E-state index contributed by atoms with van der Waals surface area (Å²) >= 11 is 0. The zero-order valence-electron chi connectivity index (χ0n) is 6.93. The van der Waals surface area contributed by atoms with E-state index in [4.69, 9.17) is 9.68 Å². The van der Waals surface area contributed by atoms with Crippen LogP contribution in [0.25, 0.3) is 11.0 Å². The van der Waals surface area contributed by atoms with Crippen LogP contribution in [0.15, 0.2) is 28.7 Å². The molecule has 0 bridgehead atoms. The number of hydrogen-bond donors (Lipinski definition) is 0. The van der Waals surface area contributed by atoms with Gasteiger partial charge in [-0.1, -0.05) is 0 Å². The van der Waals surface area contributed by atoms with Crippen LogP contribution >= 0.6 is 0 Å². The number of hydrogen-bond acceptors (Lipinski definition) is 4. The van der Waals surface area contributed by atoms with E-state index in [9.17, 15) is 10.1 Å². The van der Waals surface area contributed by atoms with E-state index < -0.39 is 4.92 Å².